The SMILES string of the molecule is CCC(C)[C@H](c1cc(Cl)cc(Cl)c1Cl)N1CCNCC1. The summed E-state index contributed by atoms with van der Waals surface area (Å²) in [4.78, 5) is 2.48. The van der Waals surface area contributed by atoms with Crippen LogP contribution in [0.3, 0.4) is 0 Å². The van der Waals surface area contributed by atoms with Gasteiger partial charge in [0, 0.05) is 37.2 Å². The van der Waals surface area contributed by atoms with Crippen LogP contribution in [0.1, 0.15) is 31.9 Å². The van der Waals surface area contributed by atoms with Crippen molar-refractivity contribution in [2.45, 2.75) is 26.3 Å². The van der Waals surface area contributed by atoms with Gasteiger partial charge in [-0.25, -0.2) is 0 Å². The second-order valence-corrected chi connectivity index (χ2v) is 6.63. The van der Waals surface area contributed by atoms with Crippen molar-refractivity contribution in [3.05, 3.63) is 32.8 Å². The Bertz CT molecular complexity index is 459. The van der Waals surface area contributed by atoms with Gasteiger partial charge in [0.05, 0.1) is 10.0 Å². The van der Waals surface area contributed by atoms with Crippen molar-refractivity contribution in [2.24, 2.45) is 5.92 Å². The number of hydrogen-bond donors (Lipinski definition) is 1. The number of piperazine rings is 1. The number of nitrogens with zero attached hydrogens (tertiary/aromatic N) is 1. The summed E-state index contributed by atoms with van der Waals surface area (Å²) < 4.78 is 0. The second-order valence-electron chi connectivity index (χ2n) is 5.41. The fourth-order valence-corrected chi connectivity index (χ4v) is 3.57. The fraction of sp³-hybridized carbons (Fsp3) is 0.600. The zero-order valence-corrected chi connectivity index (χ0v) is 14.2. The first-order valence-electron chi connectivity index (χ1n) is 7.13. The molecular weight excluding hydrogens is 315 g/mol. The molecule has 1 aliphatic rings. The van der Waals surface area contributed by atoms with Crippen molar-refractivity contribution in [1.29, 1.82) is 0 Å². The quantitative estimate of drug-likeness (QED) is 0.806. The summed E-state index contributed by atoms with van der Waals surface area (Å²) in [7, 11) is 0. The number of halogens is 3. The van der Waals surface area contributed by atoms with E-state index < -0.39 is 0 Å². The third-order valence-corrected chi connectivity index (χ3v) is 5.10. The second kappa shape index (κ2) is 7.33. The molecule has 1 aliphatic heterocycles. The Morgan fingerprint density at radius 2 is 1.85 bits per heavy atom. The van der Waals surface area contributed by atoms with Crippen molar-refractivity contribution in [1.82, 2.24) is 10.2 Å². The van der Waals surface area contributed by atoms with Crippen LogP contribution in [-0.4, -0.2) is 31.1 Å². The predicted octanol–water partition coefficient (Wildman–Crippen LogP) is 4.64. The average molecular weight is 336 g/mol. The molecule has 112 valence electrons. The van der Waals surface area contributed by atoms with Gasteiger partial charge in [-0.1, -0.05) is 55.1 Å². The number of benzene rings is 1. The van der Waals surface area contributed by atoms with Gasteiger partial charge in [-0.2, -0.15) is 0 Å². The molecule has 0 spiro atoms. The van der Waals surface area contributed by atoms with Gasteiger partial charge in [0.25, 0.3) is 0 Å². The molecule has 1 aromatic rings. The molecule has 1 N–H and O–H groups in total. The van der Waals surface area contributed by atoms with Crippen molar-refractivity contribution >= 4 is 34.8 Å². The molecular formula is C15H21Cl3N2. The van der Waals surface area contributed by atoms with E-state index in [2.05, 4.69) is 24.1 Å². The average Bonchev–Trinajstić information content (AvgIpc) is 2.45. The molecule has 0 saturated carbocycles. The molecule has 20 heavy (non-hydrogen) atoms. The van der Waals surface area contributed by atoms with E-state index >= 15 is 0 Å². The van der Waals surface area contributed by atoms with Crippen LogP contribution in [0.5, 0.6) is 0 Å². The first-order chi connectivity index (χ1) is 9.54. The number of hydrogen-bond acceptors (Lipinski definition) is 2. The normalized spacial score (nSPS) is 19.9. The summed E-state index contributed by atoms with van der Waals surface area (Å²) in [6.07, 6.45) is 1.09. The highest BCUT2D eigenvalue weighted by Gasteiger charge is 2.29. The van der Waals surface area contributed by atoms with E-state index in [1.807, 2.05) is 6.07 Å². The molecule has 0 amide bonds. The van der Waals surface area contributed by atoms with Gasteiger partial charge in [0.2, 0.25) is 0 Å². The third kappa shape index (κ3) is 3.61. The smallest absolute Gasteiger partial charge is 0.0641 e. The Hall–Kier alpha value is 0.01000. The Kier molecular flexibility index (Phi) is 6.00. The Morgan fingerprint density at radius 3 is 2.45 bits per heavy atom. The lowest BCUT2D eigenvalue weighted by Crippen LogP contribution is -2.46. The molecule has 1 aromatic carbocycles. The van der Waals surface area contributed by atoms with E-state index in [0.29, 0.717) is 21.0 Å². The molecule has 1 saturated heterocycles. The summed E-state index contributed by atoms with van der Waals surface area (Å²) in [6.45, 7) is 8.54. The van der Waals surface area contributed by atoms with Crippen molar-refractivity contribution < 1.29 is 0 Å². The highest BCUT2D eigenvalue weighted by molar-refractivity contribution is 6.43. The van der Waals surface area contributed by atoms with Gasteiger partial charge in [-0.3, -0.25) is 4.90 Å². The maximum atomic E-state index is 6.45. The van der Waals surface area contributed by atoms with Gasteiger partial charge in [0.15, 0.2) is 0 Å². The van der Waals surface area contributed by atoms with E-state index in [4.69, 9.17) is 34.8 Å². The molecule has 0 aliphatic carbocycles. The molecule has 2 nitrogen and oxygen atoms in total. The molecule has 0 bridgehead atoms. The zero-order chi connectivity index (χ0) is 14.7. The molecule has 0 aromatic heterocycles. The maximum absolute atomic E-state index is 6.45. The molecule has 2 rings (SSSR count). The van der Waals surface area contributed by atoms with Crippen LogP contribution in [-0.2, 0) is 0 Å². The minimum atomic E-state index is 0.269. The lowest BCUT2D eigenvalue weighted by molar-refractivity contribution is 0.128. The summed E-state index contributed by atoms with van der Waals surface area (Å²) in [5.41, 5.74) is 1.06. The molecule has 1 heterocycles. The standard InChI is InChI=1S/C15H21Cl3N2/c1-3-10(2)15(20-6-4-19-5-7-20)12-8-11(16)9-13(17)14(12)18/h8-10,15,19H,3-7H2,1-2H3/t10?,15-/m1/s1. The number of nitrogens with one attached hydrogen (secondary N) is 1. The largest absolute Gasteiger partial charge is 0.314 e. The van der Waals surface area contributed by atoms with Gasteiger partial charge >= 0.3 is 0 Å². The Morgan fingerprint density at radius 1 is 1.20 bits per heavy atom. The summed E-state index contributed by atoms with van der Waals surface area (Å²) in [5, 5.41) is 5.22. The molecule has 0 radical (unpaired) electrons. The monoisotopic (exact) mass is 334 g/mol. The third-order valence-electron chi connectivity index (χ3n) is 4.07. The maximum Gasteiger partial charge on any atom is 0.0641 e. The van der Waals surface area contributed by atoms with Gasteiger partial charge in [-0.05, 0) is 23.6 Å². The molecule has 1 unspecified atom stereocenters. The van der Waals surface area contributed by atoms with Gasteiger partial charge in [0.1, 0.15) is 0 Å². The highest BCUT2D eigenvalue weighted by atomic mass is 35.5. The Balaban J connectivity index is 2.40. The zero-order valence-electron chi connectivity index (χ0n) is 11.9. The van der Waals surface area contributed by atoms with Crippen molar-refractivity contribution in [3.8, 4) is 0 Å². The minimum Gasteiger partial charge on any atom is -0.314 e. The van der Waals surface area contributed by atoms with Crippen LogP contribution in [0, 0.1) is 5.92 Å². The van der Waals surface area contributed by atoms with E-state index in [0.717, 1.165) is 38.2 Å². The minimum absolute atomic E-state index is 0.269. The van der Waals surface area contributed by atoms with Crippen molar-refractivity contribution in [3.63, 3.8) is 0 Å². The van der Waals surface area contributed by atoms with Crippen LogP contribution in [0.15, 0.2) is 12.1 Å². The van der Waals surface area contributed by atoms with E-state index in [1.165, 1.54) is 0 Å². The van der Waals surface area contributed by atoms with E-state index in [1.54, 1.807) is 6.07 Å². The van der Waals surface area contributed by atoms with E-state index in [9.17, 15) is 0 Å². The Labute approximate surface area is 136 Å². The van der Waals surface area contributed by atoms with Crippen LogP contribution >= 0.6 is 34.8 Å². The van der Waals surface area contributed by atoms with E-state index in [-0.39, 0.29) is 6.04 Å². The lowest BCUT2D eigenvalue weighted by atomic mass is 9.90. The molecule has 2 atom stereocenters. The first kappa shape index (κ1) is 16.4. The summed E-state index contributed by atoms with van der Waals surface area (Å²) in [6, 6.07) is 3.94. The fourth-order valence-electron chi connectivity index (χ4n) is 2.84. The summed E-state index contributed by atoms with van der Waals surface area (Å²) in [5.74, 6) is 0.500. The molecule has 5 heteroatoms. The van der Waals surface area contributed by atoms with Crippen LogP contribution < -0.4 is 5.32 Å². The van der Waals surface area contributed by atoms with Crippen molar-refractivity contribution in [2.75, 3.05) is 26.2 Å². The first-order valence-corrected chi connectivity index (χ1v) is 8.27. The molecule has 1 fully saturated rings. The topological polar surface area (TPSA) is 15.3 Å². The predicted molar refractivity (Wildman–Crippen MR) is 88.1 cm³/mol. The number of rotatable bonds is 4. The van der Waals surface area contributed by atoms with Crippen LogP contribution in [0.25, 0.3) is 0 Å². The highest BCUT2D eigenvalue weighted by Crippen LogP contribution is 2.39. The van der Waals surface area contributed by atoms with Crippen LogP contribution in [0.4, 0.5) is 0 Å². The van der Waals surface area contributed by atoms with Crippen LogP contribution in [0.2, 0.25) is 15.1 Å². The lowest BCUT2D eigenvalue weighted by Gasteiger charge is -2.39. The van der Waals surface area contributed by atoms with Gasteiger partial charge in [-0.15, -0.1) is 0 Å². The van der Waals surface area contributed by atoms with Gasteiger partial charge < -0.3 is 5.32 Å². The summed E-state index contributed by atoms with van der Waals surface area (Å²) >= 11 is 18.8.